The number of rotatable bonds is 51. The van der Waals surface area contributed by atoms with Gasteiger partial charge < -0.3 is 14.2 Å². The monoisotopic (exact) mass is 891 g/mol. The smallest absolute Gasteiger partial charge is 0.306 e. The number of carbonyl (C=O) groups is 3. The zero-order chi connectivity index (χ0) is 46.1. The Hall–Kier alpha value is -1.59. The lowest BCUT2D eigenvalue weighted by molar-refractivity contribution is -0.167. The summed E-state index contributed by atoms with van der Waals surface area (Å²) in [4.78, 5) is 38.0. The van der Waals surface area contributed by atoms with Crippen molar-refractivity contribution >= 4 is 17.9 Å². The van der Waals surface area contributed by atoms with Gasteiger partial charge in [-0.3, -0.25) is 14.4 Å². The van der Waals surface area contributed by atoms with E-state index in [-0.39, 0.29) is 31.1 Å². The molecule has 0 amide bonds. The molecule has 0 radical (unpaired) electrons. The molecule has 63 heavy (non-hydrogen) atoms. The summed E-state index contributed by atoms with van der Waals surface area (Å²) >= 11 is 0. The number of hydrogen-bond donors (Lipinski definition) is 0. The van der Waals surface area contributed by atoms with Crippen molar-refractivity contribution in [2.24, 2.45) is 11.8 Å². The summed E-state index contributed by atoms with van der Waals surface area (Å²) in [7, 11) is 0. The van der Waals surface area contributed by atoms with Crippen LogP contribution in [0.3, 0.4) is 0 Å². The zero-order valence-corrected chi connectivity index (χ0v) is 43.2. The van der Waals surface area contributed by atoms with Crippen LogP contribution in [0.15, 0.2) is 0 Å². The van der Waals surface area contributed by atoms with Crippen LogP contribution in [0.1, 0.15) is 317 Å². The molecule has 0 bridgehead atoms. The molecule has 0 rings (SSSR count). The van der Waals surface area contributed by atoms with Crippen molar-refractivity contribution in [3.05, 3.63) is 0 Å². The Balaban J connectivity index is 4.23. The van der Waals surface area contributed by atoms with Crippen molar-refractivity contribution in [1.29, 1.82) is 0 Å². The van der Waals surface area contributed by atoms with E-state index in [1.807, 2.05) is 0 Å². The largest absolute Gasteiger partial charge is 0.462 e. The molecule has 0 unspecified atom stereocenters. The molecule has 0 aromatic rings. The van der Waals surface area contributed by atoms with Crippen LogP contribution in [0.5, 0.6) is 0 Å². The van der Waals surface area contributed by atoms with Gasteiger partial charge in [0.25, 0.3) is 0 Å². The van der Waals surface area contributed by atoms with E-state index in [9.17, 15) is 14.4 Å². The van der Waals surface area contributed by atoms with Gasteiger partial charge in [0.05, 0.1) is 0 Å². The first-order valence-corrected chi connectivity index (χ1v) is 28.2. The Bertz CT molecular complexity index is 962. The maximum Gasteiger partial charge on any atom is 0.306 e. The van der Waals surface area contributed by atoms with Crippen LogP contribution in [-0.2, 0) is 28.6 Å². The summed E-state index contributed by atoms with van der Waals surface area (Å²) in [6.45, 7) is 11.4. The molecule has 0 spiro atoms. The van der Waals surface area contributed by atoms with Crippen LogP contribution < -0.4 is 0 Å². The van der Waals surface area contributed by atoms with E-state index in [1.54, 1.807) is 0 Å². The molecule has 0 fully saturated rings. The van der Waals surface area contributed by atoms with Crippen LogP contribution in [0.2, 0.25) is 0 Å². The third kappa shape index (κ3) is 51.3. The lowest BCUT2D eigenvalue weighted by Crippen LogP contribution is -2.30. The maximum absolute atomic E-state index is 12.8. The molecule has 0 saturated carbocycles. The van der Waals surface area contributed by atoms with Gasteiger partial charge in [0.1, 0.15) is 13.2 Å². The Labute approximate surface area is 393 Å². The summed E-state index contributed by atoms with van der Waals surface area (Å²) in [5.41, 5.74) is 0. The van der Waals surface area contributed by atoms with E-state index in [1.165, 1.54) is 205 Å². The fourth-order valence-corrected chi connectivity index (χ4v) is 8.70. The van der Waals surface area contributed by atoms with Gasteiger partial charge in [-0.05, 0) is 31.1 Å². The lowest BCUT2D eigenvalue weighted by atomic mass is 10.0. The van der Waals surface area contributed by atoms with Crippen LogP contribution in [0, 0.1) is 11.8 Å². The molecule has 0 aromatic heterocycles. The topological polar surface area (TPSA) is 78.9 Å². The molecule has 374 valence electrons. The molecule has 0 saturated heterocycles. The van der Waals surface area contributed by atoms with Gasteiger partial charge >= 0.3 is 17.9 Å². The normalized spacial score (nSPS) is 12.0. The predicted molar refractivity (Wildman–Crippen MR) is 270 cm³/mol. The Kier molecular flexibility index (Phi) is 48.6. The van der Waals surface area contributed by atoms with Crippen molar-refractivity contribution in [1.82, 2.24) is 0 Å². The van der Waals surface area contributed by atoms with Crippen LogP contribution in [0.4, 0.5) is 0 Å². The molecule has 6 heteroatoms. The average molecular weight is 892 g/mol. The van der Waals surface area contributed by atoms with Gasteiger partial charge in [-0.25, -0.2) is 0 Å². The fraction of sp³-hybridized carbons (Fsp3) is 0.947. The second-order valence-corrected chi connectivity index (χ2v) is 20.5. The van der Waals surface area contributed by atoms with Gasteiger partial charge in [-0.2, -0.15) is 0 Å². The molecule has 0 N–H and O–H groups in total. The molecule has 0 aliphatic carbocycles. The first-order valence-electron chi connectivity index (χ1n) is 28.2. The minimum Gasteiger partial charge on any atom is -0.462 e. The third-order valence-corrected chi connectivity index (χ3v) is 13.0. The van der Waals surface area contributed by atoms with Gasteiger partial charge in [0, 0.05) is 19.3 Å². The molecule has 0 aliphatic rings. The Morgan fingerprint density at radius 2 is 0.524 bits per heavy atom. The SMILES string of the molecule is CCCCCCCCCCCCCC(=O)OC[C@@H](COC(=O)CCCCCCCCCCCCC(C)C)OC(=O)CCCCCCCCCCCCCCCCCCCCC(C)C. The van der Waals surface area contributed by atoms with Crippen molar-refractivity contribution < 1.29 is 28.6 Å². The number of esters is 3. The van der Waals surface area contributed by atoms with Crippen molar-refractivity contribution in [3.63, 3.8) is 0 Å². The first kappa shape index (κ1) is 61.4. The molecule has 1 atom stereocenters. The quantitative estimate of drug-likeness (QED) is 0.0344. The highest BCUT2D eigenvalue weighted by atomic mass is 16.6. The number of hydrogen-bond acceptors (Lipinski definition) is 6. The van der Waals surface area contributed by atoms with Crippen molar-refractivity contribution in [2.45, 2.75) is 323 Å². The molecule has 0 aromatic carbocycles. The second kappa shape index (κ2) is 49.8. The van der Waals surface area contributed by atoms with Gasteiger partial charge in [-0.1, -0.05) is 279 Å². The highest BCUT2D eigenvalue weighted by Gasteiger charge is 2.19. The summed E-state index contributed by atoms with van der Waals surface area (Å²) in [6, 6.07) is 0. The molecular formula is C57H110O6. The number of unbranched alkanes of at least 4 members (excludes halogenated alkanes) is 36. The van der Waals surface area contributed by atoms with E-state index >= 15 is 0 Å². The predicted octanol–water partition coefficient (Wildman–Crippen LogP) is 18.5. The molecule has 0 aliphatic heterocycles. The van der Waals surface area contributed by atoms with E-state index < -0.39 is 6.10 Å². The molecule has 6 nitrogen and oxygen atoms in total. The van der Waals surface area contributed by atoms with E-state index in [0.717, 1.165) is 69.6 Å². The average Bonchev–Trinajstić information content (AvgIpc) is 3.25. The first-order chi connectivity index (χ1) is 30.7. The van der Waals surface area contributed by atoms with Crippen LogP contribution in [-0.4, -0.2) is 37.2 Å². The van der Waals surface area contributed by atoms with E-state index in [2.05, 4.69) is 34.6 Å². The Morgan fingerprint density at radius 3 is 0.778 bits per heavy atom. The summed E-state index contributed by atoms with van der Waals surface area (Å²) in [5.74, 6) is 0.834. The zero-order valence-electron chi connectivity index (χ0n) is 43.2. The van der Waals surface area contributed by atoms with Crippen molar-refractivity contribution in [2.75, 3.05) is 13.2 Å². The fourth-order valence-electron chi connectivity index (χ4n) is 8.70. The van der Waals surface area contributed by atoms with Crippen LogP contribution >= 0.6 is 0 Å². The van der Waals surface area contributed by atoms with Crippen LogP contribution in [0.25, 0.3) is 0 Å². The van der Waals surface area contributed by atoms with E-state index in [0.29, 0.717) is 19.3 Å². The highest BCUT2D eigenvalue weighted by molar-refractivity contribution is 5.71. The third-order valence-electron chi connectivity index (χ3n) is 13.0. The summed E-state index contributed by atoms with van der Waals surface area (Å²) < 4.78 is 16.8. The van der Waals surface area contributed by atoms with Gasteiger partial charge in [-0.15, -0.1) is 0 Å². The number of carbonyl (C=O) groups excluding carboxylic acids is 3. The van der Waals surface area contributed by atoms with Crippen molar-refractivity contribution in [3.8, 4) is 0 Å². The molecule has 0 heterocycles. The summed E-state index contributed by atoms with van der Waals surface area (Å²) in [5, 5.41) is 0. The van der Waals surface area contributed by atoms with E-state index in [4.69, 9.17) is 14.2 Å². The number of ether oxygens (including phenoxy) is 3. The maximum atomic E-state index is 12.8. The highest BCUT2D eigenvalue weighted by Crippen LogP contribution is 2.18. The minimum absolute atomic E-state index is 0.0631. The lowest BCUT2D eigenvalue weighted by Gasteiger charge is -2.18. The minimum atomic E-state index is -0.762. The van der Waals surface area contributed by atoms with Gasteiger partial charge in [0.2, 0.25) is 0 Å². The standard InChI is InChI=1S/C57H110O6/c1-6-7-8-9-10-11-20-27-32-37-42-47-55(58)61-50-54(51-62-56(59)48-43-38-33-28-24-23-26-31-36-41-46-53(4)5)63-57(60)49-44-39-34-29-22-19-17-15-13-12-14-16-18-21-25-30-35-40-45-52(2)3/h52-54H,6-51H2,1-5H3/t54-/m0/s1. The Morgan fingerprint density at radius 1 is 0.302 bits per heavy atom. The summed E-state index contributed by atoms with van der Waals surface area (Å²) in [6.07, 6.45) is 52.4. The molecular weight excluding hydrogens is 781 g/mol. The second-order valence-electron chi connectivity index (χ2n) is 20.5. The van der Waals surface area contributed by atoms with Gasteiger partial charge in [0.15, 0.2) is 6.10 Å².